The van der Waals surface area contributed by atoms with Gasteiger partial charge in [-0.2, -0.15) is 0 Å². The number of allylic oxidation sites excluding steroid dienone is 1. The van der Waals surface area contributed by atoms with Gasteiger partial charge in [-0.3, -0.25) is 14.7 Å². The van der Waals surface area contributed by atoms with E-state index in [-0.39, 0.29) is 5.91 Å². The van der Waals surface area contributed by atoms with Crippen molar-refractivity contribution >= 4 is 52.1 Å². The third-order valence-electron chi connectivity index (χ3n) is 4.98. The highest BCUT2D eigenvalue weighted by molar-refractivity contribution is 8.18. The van der Waals surface area contributed by atoms with Gasteiger partial charge in [0.05, 0.1) is 21.6 Å². The zero-order valence-corrected chi connectivity index (χ0v) is 21.9. The topological polar surface area (TPSA) is 51.1 Å². The molecule has 8 heteroatoms. The Kier molecular flexibility index (Phi) is 9.51. The molecular weight excluding hydrogens is 491 g/mol. The number of likely N-dealkylation sites (N-methyl/N-ethyl adjacent to an activating group) is 1. The summed E-state index contributed by atoms with van der Waals surface area (Å²) >= 11 is 13.6. The van der Waals surface area contributed by atoms with E-state index in [1.54, 1.807) is 17.0 Å². The molecule has 2 aromatic carbocycles. The third-order valence-corrected chi connectivity index (χ3v) is 6.76. The zero-order valence-electron chi connectivity index (χ0n) is 19.6. The summed E-state index contributed by atoms with van der Waals surface area (Å²) in [6, 6.07) is 9.30. The van der Waals surface area contributed by atoms with Crippen LogP contribution >= 0.6 is 35.0 Å². The Balaban J connectivity index is 1.96. The second-order valence-corrected chi connectivity index (χ2v) is 9.21. The van der Waals surface area contributed by atoms with Gasteiger partial charge in [0.15, 0.2) is 16.7 Å². The highest BCUT2D eigenvalue weighted by Crippen LogP contribution is 2.38. The number of halogens is 2. The lowest BCUT2D eigenvalue weighted by Gasteiger charge is -2.17. The van der Waals surface area contributed by atoms with Crippen LogP contribution in [0, 0.1) is 0 Å². The summed E-state index contributed by atoms with van der Waals surface area (Å²) in [5.74, 6) is 1.21. The van der Waals surface area contributed by atoms with Crippen molar-refractivity contribution in [3.63, 3.8) is 0 Å². The minimum Gasteiger partial charge on any atom is -0.490 e. The van der Waals surface area contributed by atoms with Gasteiger partial charge in [0.1, 0.15) is 6.61 Å². The predicted octanol–water partition coefficient (Wildman–Crippen LogP) is 7.01. The Morgan fingerprint density at radius 2 is 1.91 bits per heavy atom. The highest BCUT2D eigenvalue weighted by Gasteiger charge is 2.32. The average molecular weight is 519 g/mol. The summed E-state index contributed by atoms with van der Waals surface area (Å²) in [7, 11) is 0. The van der Waals surface area contributed by atoms with E-state index >= 15 is 0 Å². The summed E-state index contributed by atoms with van der Waals surface area (Å²) in [6.07, 6.45) is 4.28. The van der Waals surface area contributed by atoms with Gasteiger partial charge in [0.25, 0.3) is 5.91 Å². The number of benzene rings is 2. The summed E-state index contributed by atoms with van der Waals surface area (Å²) in [5.41, 5.74) is 2.66. The summed E-state index contributed by atoms with van der Waals surface area (Å²) < 4.78 is 12.1. The van der Waals surface area contributed by atoms with Crippen LogP contribution in [0.5, 0.6) is 11.5 Å². The number of carbonyl (C=O) groups is 1. The van der Waals surface area contributed by atoms with Crippen molar-refractivity contribution < 1.29 is 14.3 Å². The molecule has 0 saturated carbocycles. The number of ether oxygens (including phenoxy) is 2. The third kappa shape index (κ3) is 6.17. The molecule has 1 fully saturated rings. The molecule has 1 aliphatic rings. The van der Waals surface area contributed by atoms with E-state index in [1.165, 1.54) is 11.8 Å². The largest absolute Gasteiger partial charge is 0.490 e. The normalized spacial score (nSPS) is 15.9. The van der Waals surface area contributed by atoms with Gasteiger partial charge in [-0.15, -0.1) is 6.58 Å². The molecule has 3 rings (SSSR count). The standard InChI is InChI=1S/C26H28Cl2N2O3S/c1-5-9-19-12-18(15-23-25(31)30(7-3)26(34-23)29-6-2)14-22(32-8-4)24(19)33-16-17-10-11-20(27)21(28)13-17/h5,10-15H,1,6-9,16H2,2-4H3/b23-15+,29-26?. The molecule has 1 saturated heterocycles. The SMILES string of the molecule is C=CCc1cc(/C=C2/SC(=NCC)N(CC)C2=O)cc(OCC)c1OCc1ccc(Cl)c(Cl)c1. The van der Waals surface area contributed by atoms with Gasteiger partial charge in [0.2, 0.25) is 0 Å². The number of rotatable bonds is 10. The van der Waals surface area contributed by atoms with E-state index in [9.17, 15) is 4.79 Å². The first-order valence-corrected chi connectivity index (χ1v) is 12.7. The zero-order chi connectivity index (χ0) is 24.7. The fourth-order valence-electron chi connectivity index (χ4n) is 3.48. The van der Waals surface area contributed by atoms with Crippen LogP contribution in [0.4, 0.5) is 0 Å². The lowest BCUT2D eigenvalue weighted by atomic mass is 10.0. The van der Waals surface area contributed by atoms with E-state index < -0.39 is 0 Å². The molecule has 180 valence electrons. The van der Waals surface area contributed by atoms with Gasteiger partial charge in [-0.25, -0.2) is 0 Å². The molecule has 0 spiro atoms. The number of aliphatic imine (C=N–C) groups is 1. The maximum Gasteiger partial charge on any atom is 0.266 e. The Hall–Kier alpha value is -2.41. The maximum atomic E-state index is 12.9. The average Bonchev–Trinajstić information content (AvgIpc) is 3.10. The van der Waals surface area contributed by atoms with Crippen molar-refractivity contribution in [3.05, 3.63) is 74.6 Å². The van der Waals surface area contributed by atoms with Crippen molar-refractivity contribution in [2.45, 2.75) is 33.8 Å². The highest BCUT2D eigenvalue weighted by atomic mass is 35.5. The Bertz CT molecular complexity index is 1130. The van der Waals surface area contributed by atoms with Crippen LogP contribution in [-0.2, 0) is 17.8 Å². The van der Waals surface area contributed by atoms with Gasteiger partial charge in [-0.05, 0) is 80.4 Å². The fourth-order valence-corrected chi connectivity index (χ4v) is 4.90. The molecule has 2 aromatic rings. The van der Waals surface area contributed by atoms with Crippen molar-refractivity contribution in [3.8, 4) is 11.5 Å². The smallest absolute Gasteiger partial charge is 0.266 e. The first-order chi connectivity index (χ1) is 16.4. The molecule has 0 aliphatic carbocycles. The van der Waals surface area contributed by atoms with Gasteiger partial charge in [-0.1, -0.05) is 35.3 Å². The molecule has 0 N–H and O–H groups in total. The maximum absolute atomic E-state index is 12.9. The Morgan fingerprint density at radius 1 is 1.12 bits per heavy atom. The number of hydrogen-bond donors (Lipinski definition) is 0. The number of amidine groups is 1. The molecule has 0 atom stereocenters. The summed E-state index contributed by atoms with van der Waals surface area (Å²) in [5, 5.41) is 1.71. The van der Waals surface area contributed by atoms with E-state index in [4.69, 9.17) is 32.7 Å². The quantitative estimate of drug-likeness (QED) is 0.250. The summed E-state index contributed by atoms with van der Waals surface area (Å²) in [6.45, 7) is 11.7. The van der Waals surface area contributed by atoms with Crippen LogP contribution in [0.25, 0.3) is 6.08 Å². The molecule has 0 unspecified atom stereocenters. The monoisotopic (exact) mass is 518 g/mol. The molecule has 34 heavy (non-hydrogen) atoms. The lowest BCUT2D eigenvalue weighted by molar-refractivity contribution is -0.122. The first-order valence-electron chi connectivity index (χ1n) is 11.1. The first kappa shape index (κ1) is 26.2. The number of nitrogens with zero attached hydrogens (tertiary/aromatic N) is 2. The van der Waals surface area contributed by atoms with Crippen LogP contribution in [0.15, 0.2) is 52.9 Å². The van der Waals surface area contributed by atoms with Gasteiger partial charge in [0, 0.05) is 18.7 Å². The fraction of sp³-hybridized carbons (Fsp3) is 0.308. The Labute approximate surface area is 215 Å². The van der Waals surface area contributed by atoms with Crippen molar-refractivity contribution in [2.75, 3.05) is 19.7 Å². The van der Waals surface area contributed by atoms with Crippen LogP contribution in [0.3, 0.4) is 0 Å². The number of carbonyl (C=O) groups excluding carboxylic acids is 1. The number of thioether (sulfide) groups is 1. The van der Waals surface area contributed by atoms with Crippen molar-refractivity contribution in [1.29, 1.82) is 0 Å². The van der Waals surface area contributed by atoms with Gasteiger partial charge < -0.3 is 9.47 Å². The second-order valence-electron chi connectivity index (χ2n) is 7.39. The van der Waals surface area contributed by atoms with Crippen LogP contribution in [0.1, 0.15) is 37.5 Å². The second kappa shape index (κ2) is 12.3. The Morgan fingerprint density at radius 3 is 2.56 bits per heavy atom. The van der Waals surface area contributed by atoms with Crippen molar-refractivity contribution in [1.82, 2.24) is 4.90 Å². The minimum absolute atomic E-state index is 0.0390. The van der Waals surface area contributed by atoms with Gasteiger partial charge >= 0.3 is 0 Å². The minimum atomic E-state index is -0.0390. The molecule has 0 bridgehead atoms. The number of amides is 1. The molecule has 1 heterocycles. The molecular formula is C26H28Cl2N2O3S. The van der Waals surface area contributed by atoms with Crippen LogP contribution < -0.4 is 9.47 Å². The van der Waals surface area contributed by atoms with E-state index in [0.29, 0.717) is 59.2 Å². The molecule has 5 nitrogen and oxygen atoms in total. The molecule has 0 aromatic heterocycles. The van der Waals surface area contributed by atoms with Crippen LogP contribution in [0.2, 0.25) is 10.0 Å². The van der Waals surface area contributed by atoms with E-state index in [2.05, 4.69) is 11.6 Å². The predicted molar refractivity (Wildman–Crippen MR) is 143 cm³/mol. The summed E-state index contributed by atoms with van der Waals surface area (Å²) in [4.78, 5) is 19.7. The van der Waals surface area contributed by atoms with Crippen molar-refractivity contribution in [2.24, 2.45) is 4.99 Å². The molecule has 0 radical (unpaired) electrons. The van der Waals surface area contributed by atoms with Crippen LogP contribution in [-0.4, -0.2) is 35.7 Å². The lowest BCUT2D eigenvalue weighted by Crippen LogP contribution is -2.28. The van der Waals surface area contributed by atoms with E-state index in [0.717, 1.165) is 21.9 Å². The molecule has 1 aliphatic heterocycles. The number of hydrogen-bond acceptors (Lipinski definition) is 5. The van der Waals surface area contributed by atoms with E-state index in [1.807, 2.05) is 51.1 Å². The molecule has 1 amide bonds.